The molecule has 4 N–H and O–H groups in total. The third-order valence-electron chi connectivity index (χ3n) is 2.82. The van der Waals surface area contributed by atoms with Gasteiger partial charge in [0.15, 0.2) is 0 Å². The van der Waals surface area contributed by atoms with Gasteiger partial charge < -0.3 is 5.11 Å². The van der Waals surface area contributed by atoms with Crippen molar-refractivity contribution in [2.75, 3.05) is 6.54 Å². The van der Waals surface area contributed by atoms with Crippen molar-refractivity contribution in [2.24, 2.45) is 5.84 Å². The Morgan fingerprint density at radius 3 is 1.88 bits per heavy atom. The highest BCUT2D eigenvalue weighted by atomic mass is 16.3. The molecule has 3 nitrogen and oxygen atoms in total. The molecule has 0 saturated heterocycles. The van der Waals surface area contributed by atoms with Gasteiger partial charge in [-0.1, -0.05) is 45.0 Å². The van der Waals surface area contributed by atoms with Gasteiger partial charge in [0, 0.05) is 6.54 Å². The summed E-state index contributed by atoms with van der Waals surface area (Å²) in [6.45, 7) is 8.59. The largest absolute Gasteiger partial charge is 0.384 e. The number of nitrogens with two attached hydrogens (primary N) is 1. The van der Waals surface area contributed by atoms with E-state index in [1.807, 2.05) is 12.1 Å². The fourth-order valence-corrected chi connectivity index (χ4v) is 1.63. The van der Waals surface area contributed by atoms with Crippen LogP contribution in [0.4, 0.5) is 0 Å². The van der Waals surface area contributed by atoms with Crippen LogP contribution in [-0.4, -0.2) is 11.7 Å². The first-order valence-corrected chi connectivity index (χ1v) is 5.54. The average molecular weight is 222 g/mol. The topological polar surface area (TPSA) is 58.3 Å². The Labute approximate surface area is 97.6 Å². The van der Waals surface area contributed by atoms with Gasteiger partial charge in [-0.2, -0.15) is 0 Å². The molecular weight excluding hydrogens is 200 g/mol. The molecule has 0 radical (unpaired) electrons. The lowest BCUT2D eigenvalue weighted by Gasteiger charge is -2.25. The number of aliphatic hydroxyl groups is 1. The van der Waals surface area contributed by atoms with Crippen molar-refractivity contribution in [3.63, 3.8) is 0 Å². The second-order valence-electron chi connectivity index (χ2n) is 5.48. The molecule has 90 valence electrons. The molecular formula is C13H22N2O. The lowest BCUT2D eigenvalue weighted by atomic mass is 9.85. The summed E-state index contributed by atoms with van der Waals surface area (Å²) in [7, 11) is 0. The third kappa shape index (κ3) is 3.04. The third-order valence-corrected chi connectivity index (χ3v) is 2.82. The minimum atomic E-state index is -0.925. The summed E-state index contributed by atoms with van der Waals surface area (Å²) in [5.74, 6) is 5.24. The van der Waals surface area contributed by atoms with Crippen molar-refractivity contribution >= 4 is 0 Å². The molecule has 0 aliphatic heterocycles. The Balaban J connectivity index is 2.95. The van der Waals surface area contributed by atoms with Gasteiger partial charge in [-0.15, -0.1) is 0 Å². The van der Waals surface area contributed by atoms with Gasteiger partial charge in [0.05, 0.1) is 0 Å². The molecule has 0 saturated carbocycles. The standard InChI is InChI=1S/C13H22N2O/c1-12(2,3)10-5-7-11(8-6-10)13(4,16)9-15-14/h5-8,15-16H,9,14H2,1-4H3. The van der Waals surface area contributed by atoms with Crippen LogP contribution in [0.1, 0.15) is 38.8 Å². The Kier molecular flexibility index (Phi) is 3.73. The summed E-state index contributed by atoms with van der Waals surface area (Å²) in [6.07, 6.45) is 0. The lowest BCUT2D eigenvalue weighted by molar-refractivity contribution is 0.0572. The van der Waals surface area contributed by atoms with Crippen molar-refractivity contribution in [1.29, 1.82) is 0 Å². The van der Waals surface area contributed by atoms with E-state index in [1.165, 1.54) is 5.56 Å². The first kappa shape index (κ1) is 13.2. The quantitative estimate of drug-likeness (QED) is 0.538. The molecule has 1 unspecified atom stereocenters. The van der Waals surface area contributed by atoms with Crippen LogP contribution >= 0.6 is 0 Å². The summed E-state index contributed by atoms with van der Waals surface area (Å²) in [5, 5.41) is 10.1. The van der Waals surface area contributed by atoms with E-state index in [0.717, 1.165) is 5.56 Å². The van der Waals surface area contributed by atoms with Crippen molar-refractivity contribution in [2.45, 2.75) is 38.7 Å². The SMILES string of the molecule is CC(C)(C)c1ccc(C(C)(O)CNN)cc1. The second-order valence-corrected chi connectivity index (χ2v) is 5.48. The molecule has 0 aliphatic rings. The zero-order valence-corrected chi connectivity index (χ0v) is 10.5. The monoisotopic (exact) mass is 222 g/mol. The van der Waals surface area contributed by atoms with E-state index in [2.05, 4.69) is 38.3 Å². The maximum Gasteiger partial charge on any atom is 0.101 e. The molecule has 0 aromatic heterocycles. The van der Waals surface area contributed by atoms with E-state index >= 15 is 0 Å². The van der Waals surface area contributed by atoms with Crippen LogP contribution in [0.25, 0.3) is 0 Å². The first-order chi connectivity index (χ1) is 7.27. The van der Waals surface area contributed by atoms with Gasteiger partial charge in [0.25, 0.3) is 0 Å². The van der Waals surface area contributed by atoms with Crippen LogP contribution in [0, 0.1) is 0 Å². The first-order valence-electron chi connectivity index (χ1n) is 5.54. The number of nitrogens with one attached hydrogen (secondary N) is 1. The van der Waals surface area contributed by atoms with Crippen LogP contribution in [0.3, 0.4) is 0 Å². The fraction of sp³-hybridized carbons (Fsp3) is 0.538. The summed E-state index contributed by atoms with van der Waals surface area (Å²) in [6, 6.07) is 8.02. The summed E-state index contributed by atoms with van der Waals surface area (Å²) >= 11 is 0. The van der Waals surface area contributed by atoms with Gasteiger partial charge in [0.2, 0.25) is 0 Å². The molecule has 0 heterocycles. The molecule has 1 aromatic rings. The van der Waals surface area contributed by atoms with Gasteiger partial charge >= 0.3 is 0 Å². The average Bonchev–Trinajstić information content (AvgIpc) is 2.16. The van der Waals surface area contributed by atoms with Crippen molar-refractivity contribution in [1.82, 2.24) is 5.43 Å². The summed E-state index contributed by atoms with van der Waals surface area (Å²) < 4.78 is 0. The Hall–Kier alpha value is -0.900. The van der Waals surface area contributed by atoms with E-state index in [1.54, 1.807) is 6.92 Å². The van der Waals surface area contributed by atoms with E-state index in [4.69, 9.17) is 5.84 Å². The van der Waals surface area contributed by atoms with Crippen molar-refractivity contribution in [3.05, 3.63) is 35.4 Å². The summed E-state index contributed by atoms with van der Waals surface area (Å²) in [4.78, 5) is 0. The van der Waals surface area contributed by atoms with Crippen LogP contribution < -0.4 is 11.3 Å². The Bertz CT molecular complexity index is 336. The van der Waals surface area contributed by atoms with Crippen molar-refractivity contribution in [3.8, 4) is 0 Å². The normalized spacial score (nSPS) is 15.9. The van der Waals surface area contributed by atoms with Crippen LogP contribution in [-0.2, 0) is 11.0 Å². The van der Waals surface area contributed by atoms with E-state index in [0.29, 0.717) is 6.54 Å². The maximum absolute atomic E-state index is 10.1. The maximum atomic E-state index is 10.1. The molecule has 1 rings (SSSR count). The number of hydrogen-bond acceptors (Lipinski definition) is 3. The highest BCUT2D eigenvalue weighted by Crippen LogP contribution is 2.25. The molecule has 1 atom stereocenters. The minimum absolute atomic E-state index is 0.135. The van der Waals surface area contributed by atoms with Gasteiger partial charge in [0.1, 0.15) is 5.60 Å². The molecule has 1 aromatic carbocycles. The van der Waals surface area contributed by atoms with Crippen LogP contribution in [0.15, 0.2) is 24.3 Å². The molecule has 16 heavy (non-hydrogen) atoms. The molecule has 0 amide bonds. The van der Waals surface area contributed by atoms with E-state index < -0.39 is 5.60 Å². The number of rotatable bonds is 3. The second kappa shape index (κ2) is 4.53. The van der Waals surface area contributed by atoms with Gasteiger partial charge in [-0.25, -0.2) is 0 Å². The molecule has 0 aliphatic carbocycles. The highest BCUT2D eigenvalue weighted by molar-refractivity contribution is 5.30. The minimum Gasteiger partial charge on any atom is -0.384 e. The molecule has 3 heteroatoms. The predicted molar refractivity (Wildman–Crippen MR) is 66.9 cm³/mol. The zero-order chi connectivity index (χ0) is 12.4. The van der Waals surface area contributed by atoms with E-state index in [-0.39, 0.29) is 5.41 Å². The lowest BCUT2D eigenvalue weighted by Crippen LogP contribution is -2.38. The highest BCUT2D eigenvalue weighted by Gasteiger charge is 2.23. The molecule has 0 fully saturated rings. The van der Waals surface area contributed by atoms with Crippen molar-refractivity contribution < 1.29 is 5.11 Å². The van der Waals surface area contributed by atoms with Gasteiger partial charge in [-0.05, 0) is 23.5 Å². The number of benzene rings is 1. The van der Waals surface area contributed by atoms with Gasteiger partial charge in [-0.3, -0.25) is 11.3 Å². The Morgan fingerprint density at radius 2 is 1.50 bits per heavy atom. The summed E-state index contributed by atoms with van der Waals surface area (Å²) in [5.41, 5.74) is 3.84. The zero-order valence-electron chi connectivity index (χ0n) is 10.5. The van der Waals surface area contributed by atoms with Crippen LogP contribution in [0.5, 0.6) is 0 Å². The smallest absolute Gasteiger partial charge is 0.101 e. The Morgan fingerprint density at radius 1 is 1.06 bits per heavy atom. The predicted octanol–water partition coefficient (Wildman–Crippen LogP) is 1.65. The number of hydrazine groups is 1. The molecule has 0 bridgehead atoms. The molecule has 0 spiro atoms. The van der Waals surface area contributed by atoms with E-state index in [9.17, 15) is 5.11 Å². The number of hydrogen-bond donors (Lipinski definition) is 3. The van der Waals surface area contributed by atoms with Crippen LogP contribution in [0.2, 0.25) is 0 Å². The fourth-order valence-electron chi connectivity index (χ4n) is 1.63.